The molecular formula is C21H18ClN3O4S. The van der Waals surface area contributed by atoms with Crippen LogP contribution in [-0.4, -0.2) is 27.1 Å². The van der Waals surface area contributed by atoms with Crippen LogP contribution in [0.4, 0.5) is 16.2 Å². The van der Waals surface area contributed by atoms with Crippen molar-refractivity contribution in [2.24, 2.45) is 5.92 Å². The van der Waals surface area contributed by atoms with E-state index >= 15 is 0 Å². The molecule has 2 aromatic rings. The molecule has 1 fully saturated rings. The van der Waals surface area contributed by atoms with Crippen molar-refractivity contribution in [3.8, 4) is 0 Å². The number of benzene rings is 2. The number of imide groups is 1. The van der Waals surface area contributed by atoms with E-state index in [9.17, 15) is 19.7 Å². The number of nitro groups is 1. The molecule has 0 aromatic heterocycles. The van der Waals surface area contributed by atoms with Gasteiger partial charge in [0.05, 0.1) is 21.9 Å². The molecule has 2 unspecified atom stereocenters. The van der Waals surface area contributed by atoms with E-state index in [2.05, 4.69) is 0 Å². The molecule has 0 spiro atoms. The number of amides is 3. The van der Waals surface area contributed by atoms with E-state index in [1.165, 1.54) is 28.8 Å². The van der Waals surface area contributed by atoms with Crippen LogP contribution in [0.15, 0.2) is 59.0 Å². The summed E-state index contributed by atoms with van der Waals surface area (Å²) in [6.07, 6.45) is 0. The quantitative estimate of drug-likeness (QED) is 0.479. The van der Waals surface area contributed by atoms with Gasteiger partial charge in [-0.3, -0.25) is 14.9 Å². The molecule has 0 bridgehead atoms. The zero-order valence-electron chi connectivity index (χ0n) is 16.2. The van der Waals surface area contributed by atoms with E-state index in [0.717, 1.165) is 16.0 Å². The Balaban J connectivity index is 1.71. The molecule has 2 atom stereocenters. The molecule has 0 saturated carbocycles. The minimum Gasteiger partial charge on any atom is -0.306 e. The van der Waals surface area contributed by atoms with E-state index in [1.54, 1.807) is 41.3 Å². The van der Waals surface area contributed by atoms with Gasteiger partial charge in [0.1, 0.15) is 0 Å². The Bertz CT molecular complexity index is 1070. The second kappa shape index (κ2) is 7.77. The summed E-state index contributed by atoms with van der Waals surface area (Å²) >= 11 is 7.48. The lowest BCUT2D eigenvalue weighted by molar-refractivity contribution is -0.384. The van der Waals surface area contributed by atoms with Crippen LogP contribution in [0.1, 0.15) is 19.4 Å². The number of thioether (sulfide) groups is 1. The number of non-ortho nitro benzene ring substituents is 1. The molecule has 0 N–H and O–H groups in total. The molecule has 9 heteroatoms. The summed E-state index contributed by atoms with van der Waals surface area (Å²) < 4.78 is 0. The van der Waals surface area contributed by atoms with Gasteiger partial charge in [-0.2, -0.15) is 0 Å². The second-order valence-electron chi connectivity index (χ2n) is 7.21. The average molecular weight is 444 g/mol. The van der Waals surface area contributed by atoms with Gasteiger partial charge >= 0.3 is 6.03 Å². The fourth-order valence-corrected chi connectivity index (χ4v) is 5.25. The van der Waals surface area contributed by atoms with Crippen LogP contribution in [-0.2, 0) is 11.3 Å². The molecule has 154 valence electrons. The fourth-order valence-electron chi connectivity index (χ4n) is 3.70. The first-order valence-electron chi connectivity index (χ1n) is 9.25. The molecule has 7 nitrogen and oxygen atoms in total. The first kappa shape index (κ1) is 20.4. The Labute approximate surface area is 182 Å². The number of nitrogens with zero attached hydrogens (tertiary/aromatic N) is 3. The maximum Gasteiger partial charge on any atom is 0.332 e. The van der Waals surface area contributed by atoms with Gasteiger partial charge in [-0.05, 0) is 54.2 Å². The molecule has 2 aliphatic heterocycles. The second-order valence-corrected chi connectivity index (χ2v) is 8.98. The van der Waals surface area contributed by atoms with E-state index in [0.29, 0.717) is 10.7 Å². The van der Waals surface area contributed by atoms with Gasteiger partial charge in [-0.25, -0.2) is 9.69 Å². The Kier molecular flexibility index (Phi) is 5.29. The Hall–Kier alpha value is -2.84. The van der Waals surface area contributed by atoms with Crippen LogP contribution < -0.4 is 4.90 Å². The van der Waals surface area contributed by atoms with Gasteiger partial charge in [0.25, 0.3) is 5.69 Å². The smallest absolute Gasteiger partial charge is 0.306 e. The summed E-state index contributed by atoms with van der Waals surface area (Å²) in [6, 6.07) is 12.3. The van der Waals surface area contributed by atoms with Crippen molar-refractivity contribution in [3.63, 3.8) is 0 Å². The van der Waals surface area contributed by atoms with E-state index in [-0.39, 0.29) is 23.5 Å². The Morgan fingerprint density at radius 3 is 2.30 bits per heavy atom. The number of anilines is 1. The zero-order valence-corrected chi connectivity index (χ0v) is 17.8. The lowest BCUT2D eigenvalue weighted by Gasteiger charge is -2.42. The van der Waals surface area contributed by atoms with Gasteiger partial charge in [-0.15, -0.1) is 11.8 Å². The van der Waals surface area contributed by atoms with Crippen LogP contribution in [0.3, 0.4) is 0 Å². The van der Waals surface area contributed by atoms with Crippen LogP contribution in [0.5, 0.6) is 0 Å². The third-order valence-corrected chi connectivity index (χ3v) is 7.12. The van der Waals surface area contributed by atoms with Gasteiger partial charge in [0.15, 0.2) is 0 Å². The summed E-state index contributed by atoms with van der Waals surface area (Å²) in [5.41, 5.74) is 2.16. The third kappa shape index (κ3) is 3.46. The molecule has 2 heterocycles. The number of carbonyl (C=O) groups is 2. The van der Waals surface area contributed by atoms with E-state index in [1.807, 2.05) is 13.8 Å². The highest BCUT2D eigenvalue weighted by Crippen LogP contribution is 2.47. The average Bonchev–Trinajstić information content (AvgIpc) is 3.02. The van der Waals surface area contributed by atoms with Gasteiger partial charge in [0.2, 0.25) is 5.91 Å². The first-order chi connectivity index (χ1) is 14.3. The van der Waals surface area contributed by atoms with Crippen molar-refractivity contribution in [2.75, 3.05) is 4.90 Å². The van der Waals surface area contributed by atoms with E-state index < -0.39 is 16.9 Å². The Morgan fingerprint density at radius 2 is 1.70 bits per heavy atom. The van der Waals surface area contributed by atoms with Gasteiger partial charge < -0.3 is 4.90 Å². The number of hydrogen-bond acceptors (Lipinski definition) is 5. The van der Waals surface area contributed by atoms with Crippen molar-refractivity contribution >= 4 is 46.7 Å². The molecular weight excluding hydrogens is 426 g/mol. The number of nitro benzene ring substituents is 1. The summed E-state index contributed by atoms with van der Waals surface area (Å²) in [7, 11) is 0. The maximum atomic E-state index is 13.4. The number of allylic oxidation sites excluding steroid dienone is 1. The van der Waals surface area contributed by atoms with Crippen molar-refractivity contribution in [1.82, 2.24) is 4.90 Å². The first-order valence-corrected chi connectivity index (χ1v) is 10.5. The summed E-state index contributed by atoms with van der Waals surface area (Å²) in [5.74, 6) is -0.699. The van der Waals surface area contributed by atoms with Crippen molar-refractivity contribution in [1.29, 1.82) is 0 Å². The van der Waals surface area contributed by atoms with Crippen molar-refractivity contribution in [2.45, 2.75) is 25.8 Å². The number of halogens is 1. The summed E-state index contributed by atoms with van der Waals surface area (Å²) in [6.45, 7) is 4.11. The van der Waals surface area contributed by atoms with Crippen molar-refractivity contribution < 1.29 is 14.5 Å². The lowest BCUT2D eigenvalue weighted by Crippen LogP contribution is -2.59. The molecule has 4 rings (SSSR count). The highest BCUT2D eigenvalue weighted by Gasteiger charge is 2.51. The lowest BCUT2D eigenvalue weighted by atomic mass is 9.95. The van der Waals surface area contributed by atoms with Crippen LogP contribution in [0.25, 0.3) is 0 Å². The predicted octanol–water partition coefficient (Wildman–Crippen LogP) is 5.20. The molecule has 0 radical (unpaired) electrons. The van der Waals surface area contributed by atoms with Gasteiger partial charge in [-0.1, -0.05) is 23.7 Å². The molecule has 3 amide bonds. The fraction of sp³-hybridized carbons (Fsp3) is 0.238. The molecule has 0 aliphatic carbocycles. The zero-order chi connectivity index (χ0) is 21.6. The standard InChI is InChI=1S/C21H18ClN3O4S/c1-12-13(2)30-20-18(12)19(26)24(16-9-5-15(22)6-10-16)21(27)23(20)11-14-3-7-17(8-4-14)25(28)29/h3-10,18,20H,11H2,1-2H3. The normalized spacial score (nSPS) is 21.3. The number of carbonyl (C=O) groups excluding carboxylic acids is 2. The predicted molar refractivity (Wildman–Crippen MR) is 116 cm³/mol. The van der Waals surface area contributed by atoms with Crippen LogP contribution in [0, 0.1) is 16.0 Å². The van der Waals surface area contributed by atoms with E-state index in [4.69, 9.17) is 11.6 Å². The highest BCUT2D eigenvalue weighted by molar-refractivity contribution is 8.03. The highest BCUT2D eigenvalue weighted by atomic mass is 35.5. The number of rotatable bonds is 4. The molecule has 2 aliphatic rings. The third-order valence-electron chi connectivity index (χ3n) is 5.42. The topological polar surface area (TPSA) is 83.8 Å². The maximum absolute atomic E-state index is 13.4. The number of fused-ring (bicyclic) bond motifs is 1. The summed E-state index contributed by atoms with van der Waals surface area (Å²) in [5, 5.41) is 11.1. The van der Waals surface area contributed by atoms with Crippen LogP contribution in [0.2, 0.25) is 5.02 Å². The SMILES string of the molecule is CC1=C(C)C2C(=O)N(c3ccc(Cl)cc3)C(=O)N(Cc3ccc([N+](=O)[O-])cc3)C2S1. The Morgan fingerprint density at radius 1 is 1.07 bits per heavy atom. The molecule has 2 aromatic carbocycles. The van der Waals surface area contributed by atoms with Crippen LogP contribution >= 0.6 is 23.4 Å². The molecule has 30 heavy (non-hydrogen) atoms. The van der Waals surface area contributed by atoms with Crippen molar-refractivity contribution in [3.05, 3.63) is 79.7 Å². The summed E-state index contributed by atoms with van der Waals surface area (Å²) in [4.78, 5) is 41.1. The number of hydrogen-bond donors (Lipinski definition) is 0. The molecule has 1 saturated heterocycles. The number of urea groups is 1. The minimum atomic E-state index is -0.462. The minimum absolute atomic E-state index is 0.0110. The monoisotopic (exact) mass is 443 g/mol. The van der Waals surface area contributed by atoms with Gasteiger partial charge in [0, 0.05) is 23.7 Å². The largest absolute Gasteiger partial charge is 0.332 e.